The first-order valence-electron chi connectivity index (χ1n) is 7.81. The van der Waals surface area contributed by atoms with Gasteiger partial charge in [0.15, 0.2) is 5.96 Å². The first-order chi connectivity index (χ1) is 11.0. The fraction of sp³-hybridized carbons (Fsp3) is 0.625. The van der Waals surface area contributed by atoms with Gasteiger partial charge in [-0.05, 0) is 18.4 Å². The van der Waals surface area contributed by atoms with Gasteiger partial charge < -0.3 is 20.7 Å². The average molecular weight is 340 g/mol. The van der Waals surface area contributed by atoms with E-state index in [4.69, 9.17) is 4.74 Å². The molecule has 7 heteroatoms. The average Bonchev–Trinajstić information content (AvgIpc) is 3.05. The molecule has 0 atom stereocenters. The molecule has 0 radical (unpaired) electrons. The smallest absolute Gasteiger partial charge is 0.241 e. The number of nitrogens with one attached hydrogen (secondary N) is 3. The highest BCUT2D eigenvalue weighted by Crippen LogP contribution is 2.26. The minimum Gasteiger partial charge on any atom is -0.383 e. The molecule has 0 saturated heterocycles. The molecule has 0 aliphatic heterocycles. The zero-order chi connectivity index (χ0) is 17.1. The Morgan fingerprint density at radius 3 is 2.74 bits per heavy atom. The van der Waals surface area contributed by atoms with Crippen LogP contribution in [0.25, 0.3) is 0 Å². The van der Waals surface area contributed by atoms with Crippen LogP contribution in [0.15, 0.2) is 22.5 Å². The molecule has 0 spiro atoms. The highest BCUT2D eigenvalue weighted by atomic mass is 32.1. The minimum absolute atomic E-state index is 0.00504. The lowest BCUT2D eigenvalue weighted by atomic mass is 9.91. The van der Waals surface area contributed by atoms with Crippen molar-refractivity contribution in [1.82, 2.24) is 16.0 Å². The molecule has 6 nitrogen and oxygen atoms in total. The highest BCUT2D eigenvalue weighted by molar-refractivity contribution is 7.10. The number of aliphatic imine (C=N–C) groups is 1. The second-order valence-corrected chi connectivity index (χ2v) is 6.70. The summed E-state index contributed by atoms with van der Waals surface area (Å²) in [6.07, 6.45) is 0. The summed E-state index contributed by atoms with van der Waals surface area (Å²) < 4.78 is 4.89. The molecule has 0 saturated carbocycles. The molecule has 1 aromatic rings. The van der Waals surface area contributed by atoms with Crippen molar-refractivity contribution >= 4 is 23.2 Å². The maximum absolute atomic E-state index is 11.7. The van der Waals surface area contributed by atoms with Crippen molar-refractivity contribution in [2.75, 3.05) is 39.9 Å². The first-order valence-corrected chi connectivity index (χ1v) is 8.69. The van der Waals surface area contributed by atoms with Gasteiger partial charge in [-0.2, -0.15) is 0 Å². The Kier molecular flexibility index (Phi) is 8.65. The monoisotopic (exact) mass is 340 g/mol. The lowest BCUT2D eigenvalue weighted by Gasteiger charge is -2.25. The van der Waals surface area contributed by atoms with Crippen molar-refractivity contribution in [3.05, 3.63) is 22.4 Å². The third-order valence-electron chi connectivity index (χ3n) is 3.24. The van der Waals surface area contributed by atoms with E-state index in [2.05, 4.69) is 52.3 Å². The number of ether oxygens (including phenoxy) is 1. The van der Waals surface area contributed by atoms with Crippen LogP contribution in [0.5, 0.6) is 0 Å². The van der Waals surface area contributed by atoms with Crippen LogP contribution in [0, 0.1) is 0 Å². The molecule has 1 heterocycles. The van der Waals surface area contributed by atoms with Gasteiger partial charge in [-0.1, -0.05) is 19.9 Å². The predicted octanol–water partition coefficient (Wildman–Crippen LogP) is 1.34. The number of guanidine groups is 1. The molecular formula is C16H28N4O2S. The largest absolute Gasteiger partial charge is 0.383 e. The number of hydrogen-bond donors (Lipinski definition) is 3. The Balaban J connectivity index is 2.50. The Labute approximate surface area is 142 Å². The van der Waals surface area contributed by atoms with Gasteiger partial charge in [0.05, 0.1) is 6.61 Å². The summed E-state index contributed by atoms with van der Waals surface area (Å²) in [6, 6.07) is 4.20. The normalized spacial score (nSPS) is 12.1. The van der Waals surface area contributed by atoms with E-state index in [0.29, 0.717) is 19.1 Å². The van der Waals surface area contributed by atoms with Gasteiger partial charge in [0.2, 0.25) is 5.91 Å². The molecule has 0 aliphatic rings. The number of rotatable bonds is 9. The van der Waals surface area contributed by atoms with Gasteiger partial charge in [0, 0.05) is 37.0 Å². The number of hydrogen-bond acceptors (Lipinski definition) is 4. The summed E-state index contributed by atoms with van der Waals surface area (Å²) in [5.41, 5.74) is 0.00504. The van der Waals surface area contributed by atoms with E-state index in [-0.39, 0.29) is 17.9 Å². The first kappa shape index (κ1) is 19.4. The van der Waals surface area contributed by atoms with Crippen LogP contribution in [0.4, 0.5) is 0 Å². The Bertz CT molecular complexity index is 486. The van der Waals surface area contributed by atoms with Gasteiger partial charge in [0.1, 0.15) is 6.54 Å². The standard InChI is InChI=1S/C16H28N4O2S/c1-5-17-15(19-11-14(21)18-8-9-22-4)20-12-16(2,3)13-7-6-10-23-13/h6-7,10H,5,8-9,11-12H2,1-4H3,(H,18,21)(H2,17,19,20). The number of methoxy groups -OCH3 is 1. The van der Waals surface area contributed by atoms with Gasteiger partial charge >= 0.3 is 0 Å². The quantitative estimate of drug-likeness (QED) is 0.360. The van der Waals surface area contributed by atoms with Crippen LogP contribution in [0.1, 0.15) is 25.6 Å². The minimum atomic E-state index is -0.114. The van der Waals surface area contributed by atoms with Crippen molar-refractivity contribution in [2.45, 2.75) is 26.2 Å². The van der Waals surface area contributed by atoms with E-state index in [1.54, 1.807) is 18.4 Å². The van der Waals surface area contributed by atoms with E-state index in [1.165, 1.54) is 4.88 Å². The second kappa shape index (κ2) is 10.2. The Morgan fingerprint density at radius 2 is 2.13 bits per heavy atom. The molecule has 1 aromatic heterocycles. The maximum atomic E-state index is 11.7. The number of nitrogens with zero attached hydrogens (tertiary/aromatic N) is 1. The van der Waals surface area contributed by atoms with E-state index in [1.807, 2.05) is 6.92 Å². The number of carbonyl (C=O) groups is 1. The highest BCUT2D eigenvalue weighted by Gasteiger charge is 2.21. The Hall–Kier alpha value is -1.60. The van der Waals surface area contributed by atoms with Gasteiger partial charge in [-0.25, -0.2) is 4.99 Å². The van der Waals surface area contributed by atoms with Crippen molar-refractivity contribution < 1.29 is 9.53 Å². The van der Waals surface area contributed by atoms with E-state index >= 15 is 0 Å². The molecule has 0 bridgehead atoms. The molecule has 1 rings (SSSR count). The predicted molar refractivity (Wildman–Crippen MR) is 96.2 cm³/mol. The third kappa shape index (κ3) is 7.47. The van der Waals surface area contributed by atoms with Crippen LogP contribution in [0.3, 0.4) is 0 Å². The fourth-order valence-corrected chi connectivity index (χ4v) is 2.75. The SMILES string of the molecule is CCNC(=NCC(=O)NCCOC)NCC(C)(C)c1cccs1. The second-order valence-electron chi connectivity index (χ2n) is 5.75. The van der Waals surface area contributed by atoms with Crippen LogP contribution in [-0.2, 0) is 14.9 Å². The maximum Gasteiger partial charge on any atom is 0.241 e. The molecule has 1 amide bonds. The van der Waals surface area contributed by atoms with Gasteiger partial charge in [-0.15, -0.1) is 11.3 Å². The van der Waals surface area contributed by atoms with Crippen molar-refractivity contribution in [3.63, 3.8) is 0 Å². The van der Waals surface area contributed by atoms with Crippen LogP contribution in [-0.4, -0.2) is 51.8 Å². The summed E-state index contributed by atoms with van der Waals surface area (Å²) in [7, 11) is 1.60. The van der Waals surface area contributed by atoms with Gasteiger partial charge in [0.25, 0.3) is 0 Å². The van der Waals surface area contributed by atoms with Crippen LogP contribution in [0.2, 0.25) is 0 Å². The molecule has 0 aliphatic carbocycles. The molecule has 0 aromatic carbocycles. The van der Waals surface area contributed by atoms with Crippen LogP contribution >= 0.6 is 11.3 Å². The summed E-state index contributed by atoms with van der Waals surface area (Å²) >= 11 is 1.75. The summed E-state index contributed by atoms with van der Waals surface area (Å²) in [5, 5.41) is 11.3. The van der Waals surface area contributed by atoms with Crippen molar-refractivity contribution in [2.24, 2.45) is 4.99 Å². The number of amides is 1. The number of carbonyl (C=O) groups excluding carboxylic acids is 1. The molecule has 0 fully saturated rings. The Morgan fingerprint density at radius 1 is 1.35 bits per heavy atom. The molecule has 130 valence electrons. The molecule has 3 N–H and O–H groups in total. The van der Waals surface area contributed by atoms with E-state index < -0.39 is 0 Å². The zero-order valence-corrected chi connectivity index (χ0v) is 15.3. The molecule has 0 unspecified atom stereocenters. The van der Waals surface area contributed by atoms with Crippen LogP contribution < -0.4 is 16.0 Å². The summed E-state index contributed by atoms with van der Waals surface area (Å²) in [6.45, 7) is 8.96. The summed E-state index contributed by atoms with van der Waals surface area (Å²) in [5.74, 6) is 0.538. The zero-order valence-electron chi connectivity index (χ0n) is 14.4. The third-order valence-corrected chi connectivity index (χ3v) is 4.48. The summed E-state index contributed by atoms with van der Waals surface area (Å²) in [4.78, 5) is 17.3. The molecular weight excluding hydrogens is 312 g/mol. The lowest BCUT2D eigenvalue weighted by Crippen LogP contribution is -2.43. The van der Waals surface area contributed by atoms with E-state index in [9.17, 15) is 4.79 Å². The van der Waals surface area contributed by atoms with Gasteiger partial charge in [-0.3, -0.25) is 4.79 Å². The lowest BCUT2D eigenvalue weighted by molar-refractivity contribution is -0.119. The molecule has 23 heavy (non-hydrogen) atoms. The fourth-order valence-electron chi connectivity index (χ4n) is 1.90. The topological polar surface area (TPSA) is 74.8 Å². The van der Waals surface area contributed by atoms with Crippen molar-refractivity contribution in [3.8, 4) is 0 Å². The van der Waals surface area contributed by atoms with E-state index in [0.717, 1.165) is 13.1 Å². The van der Waals surface area contributed by atoms with Crippen molar-refractivity contribution in [1.29, 1.82) is 0 Å². The number of thiophene rings is 1.